The lowest BCUT2D eigenvalue weighted by Gasteiger charge is -2.18. The molecule has 0 N–H and O–H groups in total. The van der Waals surface area contributed by atoms with E-state index in [0.29, 0.717) is 27.7 Å². The fraction of sp³-hybridized carbons (Fsp3) is 0. The third-order valence-electron chi connectivity index (χ3n) is 9.54. The van der Waals surface area contributed by atoms with Gasteiger partial charge in [-0.05, 0) is 107 Å². The van der Waals surface area contributed by atoms with Gasteiger partial charge in [0, 0.05) is 10.8 Å². The normalized spacial score (nSPS) is 12.7. The standard InChI is InChI=1S/C46H28O/c1-2-10-32-25-36(22-19-29(32)9-1)46-40-15-7-5-13-38(40)45(39-14-6-8-16-41(39)46)31-20-17-30(18-21-31)35-23-24-37-42-26-33-11-3-4-12-34(33)27-44(42)47-43(37)28-35/h1-28H/i23D,24D,28D. The van der Waals surface area contributed by atoms with E-state index in [1.165, 1.54) is 32.7 Å². The fourth-order valence-corrected chi connectivity index (χ4v) is 7.31. The summed E-state index contributed by atoms with van der Waals surface area (Å²) >= 11 is 0. The molecule has 0 radical (unpaired) electrons. The smallest absolute Gasteiger partial charge is 0.136 e. The molecule has 0 aliphatic heterocycles. The van der Waals surface area contributed by atoms with Crippen LogP contribution in [0.5, 0.6) is 0 Å². The molecule has 218 valence electrons. The van der Waals surface area contributed by atoms with Crippen LogP contribution in [0.1, 0.15) is 4.11 Å². The first-order valence-corrected chi connectivity index (χ1v) is 15.9. The van der Waals surface area contributed by atoms with Crippen LogP contribution in [0.15, 0.2) is 174 Å². The summed E-state index contributed by atoms with van der Waals surface area (Å²) in [4.78, 5) is 0. The van der Waals surface area contributed by atoms with Crippen LogP contribution in [-0.2, 0) is 0 Å². The lowest BCUT2D eigenvalue weighted by Crippen LogP contribution is -1.91. The van der Waals surface area contributed by atoms with Crippen molar-refractivity contribution in [3.63, 3.8) is 0 Å². The summed E-state index contributed by atoms with van der Waals surface area (Å²) in [5.74, 6) is 0. The maximum atomic E-state index is 9.22. The SMILES string of the molecule is [2H]c1c(-c2ccc(-c3c4ccccc4c(-c4ccc5ccccc5c4)c4ccccc34)cc2)c([2H])c2oc3cc4ccccc4cc3c2c1[2H]. The zero-order valence-corrected chi connectivity index (χ0v) is 25.3. The average molecular weight is 600 g/mol. The van der Waals surface area contributed by atoms with Crippen LogP contribution in [-0.4, -0.2) is 0 Å². The maximum absolute atomic E-state index is 9.22. The molecule has 10 aromatic rings. The highest BCUT2D eigenvalue weighted by Gasteiger charge is 2.17. The van der Waals surface area contributed by atoms with Gasteiger partial charge in [0.25, 0.3) is 0 Å². The summed E-state index contributed by atoms with van der Waals surface area (Å²) in [7, 11) is 0. The predicted molar refractivity (Wildman–Crippen MR) is 200 cm³/mol. The molecule has 0 saturated heterocycles. The Morgan fingerprint density at radius 2 is 0.851 bits per heavy atom. The first-order chi connectivity index (χ1) is 24.5. The highest BCUT2D eigenvalue weighted by atomic mass is 16.3. The molecule has 0 amide bonds. The Morgan fingerprint density at radius 1 is 0.340 bits per heavy atom. The van der Waals surface area contributed by atoms with E-state index < -0.39 is 0 Å². The number of hydrogen-bond acceptors (Lipinski definition) is 1. The van der Waals surface area contributed by atoms with Gasteiger partial charge in [-0.2, -0.15) is 0 Å². The molecule has 0 atom stereocenters. The lowest BCUT2D eigenvalue weighted by molar-refractivity contribution is 0.669. The van der Waals surface area contributed by atoms with Crippen molar-refractivity contribution in [3.8, 4) is 33.4 Å². The molecule has 47 heavy (non-hydrogen) atoms. The second kappa shape index (κ2) is 10.2. The van der Waals surface area contributed by atoms with Gasteiger partial charge in [-0.1, -0.05) is 140 Å². The van der Waals surface area contributed by atoms with E-state index in [4.69, 9.17) is 7.16 Å². The van der Waals surface area contributed by atoms with E-state index in [9.17, 15) is 1.37 Å². The van der Waals surface area contributed by atoms with Gasteiger partial charge < -0.3 is 4.42 Å². The van der Waals surface area contributed by atoms with Gasteiger partial charge >= 0.3 is 0 Å². The summed E-state index contributed by atoms with van der Waals surface area (Å²) in [5, 5.41) is 10.5. The van der Waals surface area contributed by atoms with Gasteiger partial charge in [0.1, 0.15) is 11.2 Å². The van der Waals surface area contributed by atoms with Crippen LogP contribution >= 0.6 is 0 Å². The van der Waals surface area contributed by atoms with E-state index in [0.717, 1.165) is 38.1 Å². The zero-order valence-electron chi connectivity index (χ0n) is 28.3. The van der Waals surface area contributed by atoms with Crippen molar-refractivity contribution >= 4 is 65.0 Å². The van der Waals surface area contributed by atoms with Crippen LogP contribution in [0.25, 0.3) is 98.4 Å². The van der Waals surface area contributed by atoms with Gasteiger partial charge in [0.2, 0.25) is 0 Å². The summed E-state index contributed by atoms with van der Waals surface area (Å²) in [6, 6.07) is 52.8. The Morgan fingerprint density at radius 3 is 1.51 bits per heavy atom. The predicted octanol–water partition coefficient (Wildman–Crippen LogP) is 13.2. The first-order valence-electron chi connectivity index (χ1n) is 17.4. The molecule has 1 heterocycles. The summed E-state index contributed by atoms with van der Waals surface area (Å²) in [6.07, 6.45) is 0. The Hall–Kier alpha value is -6.18. The molecule has 0 spiro atoms. The lowest BCUT2D eigenvalue weighted by atomic mass is 9.85. The highest BCUT2D eigenvalue weighted by Crippen LogP contribution is 2.44. The minimum atomic E-state index is 0.0294. The maximum Gasteiger partial charge on any atom is 0.136 e. The van der Waals surface area contributed by atoms with Crippen molar-refractivity contribution in [2.45, 2.75) is 0 Å². The summed E-state index contributed by atoms with van der Waals surface area (Å²) in [6.45, 7) is 0. The fourth-order valence-electron chi connectivity index (χ4n) is 7.31. The van der Waals surface area contributed by atoms with Crippen LogP contribution in [0.4, 0.5) is 0 Å². The Labute approximate surface area is 276 Å². The van der Waals surface area contributed by atoms with Gasteiger partial charge in [-0.15, -0.1) is 0 Å². The second-order valence-electron chi connectivity index (χ2n) is 12.2. The molecular weight excluding hydrogens is 569 g/mol. The van der Waals surface area contributed by atoms with Crippen LogP contribution < -0.4 is 0 Å². The van der Waals surface area contributed by atoms with Crippen molar-refractivity contribution in [1.29, 1.82) is 0 Å². The van der Waals surface area contributed by atoms with Crippen LogP contribution in [0, 0.1) is 0 Å². The molecule has 0 unspecified atom stereocenters. The average Bonchev–Trinajstić information content (AvgIpc) is 3.54. The van der Waals surface area contributed by atoms with E-state index >= 15 is 0 Å². The van der Waals surface area contributed by atoms with Crippen molar-refractivity contribution < 1.29 is 8.53 Å². The molecule has 0 fully saturated rings. The van der Waals surface area contributed by atoms with Crippen molar-refractivity contribution in [3.05, 3.63) is 170 Å². The molecule has 0 bridgehead atoms. The quantitative estimate of drug-likeness (QED) is 0.184. The number of fused-ring (bicyclic) bond motifs is 7. The molecule has 1 heteroatoms. The number of benzene rings is 9. The Kier molecular flexibility index (Phi) is 5.02. The number of hydrogen-bond donors (Lipinski definition) is 0. The van der Waals surface area contributed by atoms with Gasteiger partial charge in [0.15, 0.2) is 0 Å². The largest absolute Gasteiger partial charge is 0.456 e. The number of furan rings is 1. The van der Waals surface area contributed by atoms with Crippen LogP contribution in [0.3, 0.4) is 0 Å². The van der Waals surface area contributed by atoms with Gasteiger partial charge in [-0.25, -0.2) is 0 Å². The molecule has 9 aromatic carbocycles. The molecule has 10 rings (SSSR count). The van der Waals surface area contributed by atoms with E-state index in [1.807, 2.05) is 48.5 Å². The molecule has 1 nitrogen and oxygen atoms in total. The highest BCUT2D eigenvalue weighted by molar-refractivity contribution is 6.21. The van der Waals surface area contributed by atoms with Crippen molar-refractivity contribution in [2.75, 3.05) is 0 Å². The molecule has 1 aromatic heterocycles. The third kappa shape index (κ3) is 4.10. The Bertz CT molecular complexity index is 2950. The monoisotopic (exact) mass is 599 g/mol. The van der Waals surface area contributed by atoms with E-state index in [1.54, 1.807) is 0 Å². The second-order valence-corrected chi connectivity index (χ2v) is 12.2. The first kappa shape index (κ1) is 23.2. The molecule has 0 saturated carbocycles. The molecule has 0 aliphatic carbocycles. The molecule has 0 aliphatic rings. The summed E-state index contributed by atoms with van der Waals surface area (Å²) < 4.78 is 33.6. The minimum absolute atomic E-state index is 0.0294. The number of rotatable bonds is 3. The van der Waals surface area contributed by atoms with E-state index in [-0.39, 0.29) is 18.1 Å². The van der Waals surface area contributed by atoms with Gasteiger partial charge in [-0.3, -0.25) is 0 Å². The topological polar surface area (TPSA) is 13.1 Å². The van der Waals surface area contributed by atoms with Gasteiger partial charge in [0.05, 0.1) is 4.11 Å². The van der Waals surface area contributed by atoms with E-state index in [2.05, 4.69) is 103 Å². The molecular formula is C46H28O. The third-order valence-corrected chi connectivity index (χ3v) is 9.54. The van der Waals surface area contributed by atoms with Crippen LogP contribution in [0.2, 0.25) is 0 Å². The van der Waals surface area contributed by atoms with Crippen molar-refractivity contribution in [1.82, 2.24) is 0 Å². The zero-order chi connectivity index (χ0) is 33.5. The minimum Gasteiger partial charge on any atom is -0.456 e. The summed E-state index contributed by atoms with van der Waals surface area (Å²) in [5.41, 5.74) is 6.68. The van der Waals surface area contributed by atoms with Crippen molar-refractivity contribution in [2.24, 2.45) is 0 Å². The Balaban J connectivity index is 1.15.